The molecular formula is C13H20N2S. The lowest BCUT2D eigenvalue weighted by atomic mass is 10.1. The van der Waals surface area contributed by atoms with Crippen LogP contribution in [0.4, 0.5) is 5.69 Å². The highest BCUT2D eigenvalue weighted by atomic mass is 32.2. The number of hydrogen-bond donors (Lipinski definition) is 1. The third kappa shape index (κ3) is 2.71. The summed E-state index contributed by atoms with van der Waals surface area (Å²) in [7, 11) is 2.01. The molecule has 1 fully saturated rings. The molecule has 1 heterocycles. The molecule has 1 saturated heterocycles. The van der Waals surface area contributed by atoms with E-state index in [1.54, 1.807) is 0 Å². The van der Waals surface area contributed by atoms with Crippen LogP contribution in [0, 0.1) is 6.92 Å². The standard InChI is InChI=1S/C13H20N2S/c1-11-3-4-13(12(9-11)10-14-2)15-5-7-16-8-6-15/h3-4,9,14H,5-8,10H2,1-2H3. The van der Waals surface area contributed by atoms with Gasteiger partial charge in [-0.1, -0.05) is 17.7 Å². The zero-order valence-electron chi connectivity index (χ0n) is 10.1. The normalized spacial score (nSPS) is 16.5. The molecule has 0 aliphatic carbocycles. The van der Waals surface area contributed by atoms with Crippen LogP contribution in [0.15, 0.2) is 18.2 Å². The Labute approximate surface area is 102 Å². The average molecular weight is 236 g/mol. The molecule has 2 rings (SSSR count). The van der Waals surface area contributed by atoms with Crippen LogP contribution in [0.3, 0.4) is 0 Å². The molecule has 16 heavy (non-hydrogen) atoms. The maximum Gasteiger partial charge on any atom is 0.0412 e. The van der Waals surface area contributed by atoms with Gasteiger partial charge in [0.05, 0.1) is 0 Å². The Morgan fingerprint density at radius 3 is 2.75 bits per heavy atom. The van der Waals surface area contributed by atoms with E-state index in [-0.39, 0.29) is 0 Å². The van der Waals surface area contributed by atoms with Crippen LogP contribution in [0.1, 0.15) is 11.1 Å². The second-order valence-electron chi connectivity index (χ2n) is 4.26. The Morgan fingerprint density at radius 2 is 2.06 bits per heavy atom. The van der Waals surface area contributed by atoms with Crippen molar-refractivity contribution in [3.05, 3.63) is 29.3 Å². The number of thioether (sulfide) groups is 1. The minimum absolute atomic E-state index is 0.959. The van der Waals surface area contributed by atoms with Gasteiger partial charge in [-0.05, 0) is 25.6 Å². The summed E-state index contributed by atoms with van der Waals surface area (Å²) in [4.78, 5) is 2.52. The summed E-state index contributed by atoms with van der Waals surface area (Å²) >= 11 is 2.06. The summed E-state index contributed by atoms with van der Waals surface area (Å²) in [6, 6.07) is 6.79. The van der Waals surface area contributed by atoms with Crippen LogP contribution in [-0.4, -0.2) is 31.6 Å². The summed E-state index contributed by atoms with van der Waals surface area (Å²) < 4.78 is 0. The first-order valence-corrected chi connectivity index (χ1v) is 7.03. The lowest BCUT2D eigenvalue weighted by Crippen LogP contribution is -2.33. The van der Waals surface area contributed by atoms with Crippen molar-refractivity contribution in [1.82, 2.24) is 5.32 Å². The van der Waals surface area contributed by atoms with Crippen molar-refractivity contribution in [2.45, 2.75) is 13.5 Å². The summed E-state index contributed by atoms with van der Waals surface area (Å²) in [6.45, 7) is 5.49. The molecule has 0 saturated carbocycles. The molecule has 0 unspecified atom stereocenters. The maximum atomic E-state index is 3.26. The predicted octanol–water partition coefficient (Wildman–Crippen LogP) is 2.27. The minimum Gasteiger partial charge on any atom is -0.370 e. The molecule has 0 bridgehead atoms. The summed E-state index contributed by atoms with van der Waals surface area (Å²) in [5.41, 5.74) is 4.19. The molecule has 0 atom stereocenters. The van der Waals surface area contributed by atoms with Gasteiger partial charge in [-0.15, -0.1) is 0 Å². The van der Waals surface area contributed by atoms with Gasteiger partial charge in [-0.3, -0.25) is 0 Å². The van der Waals surface area contributed by atoms with Gasteiger partial charge < -0.3 is 10.2 Å². The largest absolute Gasteiger partial charge is 0.370 e. The van der Waals surface area contributed by atoms with Gasteiger partial charge in [0.1, 0.15) is 0 Å². The van der Waals surface area contributed by atoms with Crippen LogP contribution in [0.2, 0.25) is 0 Å². The van der Waals surface area contributed by atoms with Crippen molar-refractivity contribution in [3.63, 3.8) is 0 Å². The third-order valence-corrected chi connectivity index (χ3v) is 3.90. The van der Waals surface area contributed by atoms with Crippen molar-refractivity contribution in [2.75, 3.05) is 36.5 Å². The highest BCUT2D eigenvalue weighted by Gasteiger charge is 2.14. The monoisotopic (exact) mass is 236 g/mol. The first-order chi connectivity index (χ1) is 7.81. The number of aryl methyl sites for hydroxylation is 1. The lowest BCUT2D eigenvalue weighted by Gasteiger charge is -2.30. The van der Waals surface area contributed by atoms with Gasteiger partial charge >= 0.3 is 0 Å². The van der Waals surface area contributed by atoms with Crippen LogP contribution in [0.25, 0.3) is 0 Å². The molecule has 1 aliphatic rings. The minimum atomic E-state index is 0.959. The smallest absolute Gasteiger partial charge is 0.0412 e. The topological polar surface area (TPSA) is 15.3 Å². The number of benzene rings is 1. The number of nitrogens with one attached hydrogen (secondary N) is 1. The van der Waals surface area contributed by atoms with Crippen molar-refractivity contribution in [3.8, 4) is 0 Å². The van der Waals surface area contributed by atoms with Crippen LogP contribution in [-0.2, 0) is 6.54 Å². The average Bonchev–Trinajstić information content (AvgIpc) is 2.31. The third-order valence-electron chi connectivity index (χ3n) is 2.95. The van der Waals surface area contributed by atoms with Crippen molar-refractivity contribution in [2.24, 2.45) is 0 Å². The molecular weight excluding hydrogens is 216 g/mol. The fraction of sp³-hybridized carbons (Fsp3) is 0.538. The lowest BCUT2D eigenvalue weighted by molar-refractivity contribution is 0.793. The molecule has 0 radical (unpaired) electrons. The zero-order chi connectivity index (χ0) is 11.4. The van der Waals surface area contributed by atoms with Crippen molar-refractivity contribution >= 4 is 17.4 Å². The molecule has 0 amide bonds. The first kappa shape index (κ1) is 11.8. The Hall–Kier alpha value is -0.670. The van der Waals surface area contributed by atoms with E-state index in [9.17, 15) is 0 Å². The first-order valence-electron chi connectivity index (χ1n) is 5.88. The number of anilines is 1. The number of hydrogen-bond acceptors (Lipinski definition) is 3. The van der Waals surface area contributed by atoms with Gasteiger partial charge in [-0.2, -0.15) is 11.8 Å². The van der Waals surface area contributed by atoms with Crippen molar-refractivity contribution < 1.29 is 0 Å². The second kappa shape index (κ2) is 5.60. The van der Waals surface area contributed by atoms with Gasteiger partial charge in [0.15, 0.2) is 0 Å². The van der Waals surface area contributed by atoms with E-state index in [1.807, 2.05) is 7.05 Å². The zero-order valence-corrected chi connectivity index (χ0v) is 10.9. The Balaban J connectivity index is 2.23. The van der Waals surface area contributed by atoms with E-state index >= 15 is 0 Å². The molecule has 1 aromatic carbocycles. The molecule has 3 heteroatoms. The number of nitrogens with zero attached hydrogens (tertiary/aromatic N) is 1. The van der Waals surface area contributed by atoms with E-state index in [1.165, 1.54) is 41.4 Å². The molecule has 2 nitrogen and oxygen atoms in total. The molecule has 1 aromatic rings. The molecule has 1 aliphatic heterocycles. The molecule has 0 aromatic heterocycles. The van der Waals surface area contributed by atoms with E-state index < -0.39 is 0 Å². The highest BCUT2D eigenvalue weighted by Crippen LogP contribution is 2.24. The summed E-state index contributed by atoms with van der Waals surface area (Å²) in [5.74, 6) is 2.51. The molecule has 0 spiro atoms. The fourth-order valence-electron chi connectivity index (χ4n) is 2.16. The Bertz CT molecular complexity index is 346. The Kier molecular flexibility index (Phi) is 4.13. The van der Waals surface area contributed by atoms with E-state index in [2.05, 4.69) is 47.1 Å². The van der Waals surface area contributed by atoms with E-state index in [0.29, 0.717) is 0 Å². The van der Waals surface area contributed by atoms with E-state index in [4.69, 9.17) is 0 Å². The van der Waals surface area contributed by atoms with Gasteiger partial charge in [0.25, 0.3) is 0 Å². The molecule has 1 N–H and O–H groups in total. The van der Waals surface area contributed by atoms with Gasteiger partial charge in [-0.25, -0.2) is 0 Å². The summed E-state index contributed by atoms with van der Waals surface area (Å²) in [6.07, 6.45) is 0. The maximum absolute atomic E-state index is 3.26. The van der Waals surface area contributed by atoms with Crippen LogP contribution >= 0.6 is 11.8 Å². The van der Waals surface area contributed by atoms with Crippen LogP contribution in [0.5, 0.6) is 0 Å². The quantitative estimate of drug-likeness (QED) is 0.866. The van der Waals surface area contributed by atoms with Crippen molar-refractivity contribution in [1.29, 1.82) is 0 Å². The van der Waals surface area contributed by atoms with E-state index in [0.717, 1.165) is 6.54 Å². The van der Waals surface area contributed by atoms with Gasteiger partial charge in [0, 0.05) is 36.8 Å². The summed E-state index contributed by atoms with van der Waals surface area (Å²) in [5, 5.41) is 3.26. The highest BCUT2D eigenvalue weighted by molar-refractivity contribution is 7.99. The van der Waals surface area contributed by atoms with Crippen LogP contribution < -0.4 is 10.2 Å². The fourth-order valence-corrected chi connectivity index (χ4v) is 3.06. The molecule has 88 valence electrons. The second-order valence-corrected chi connectivity index (χ2v) is 5.49. The predicted molar refractivity (Wildman–Crippen MR) is 73.5 cm³/mol. The van der Waals surface area contributed by atoms with Gasteiger partial charge in [0.2, 0.25) is 0 Å². The SMILES string of the molecule is CNCc1cc(C)ccc1N1CCSCC1. The Morgan fingerprint density at radius 1 is 1.31 bits per heavy atom. The number of rotatable bonds is 3.